The molecule has 1 rings (SSSR count). The first-order valence-corrected chi connectivity index (χ1v) is 7.67. The summed E-state index contributed by atoms with van der Waals surface area (Å²) in [6.07, 6.45) is 7.28. The van der Waals surface area contributed by atoms with Crippen molar-refractivity contribution in [1.29, 1.82) is 0 Å². The van der Waals surface area contributed by atoms with Crippen LogP contribution in [0.15, 0.2) is 43.0 Å². The maximum absolute atomic E-state index is 10.7. The molecule has 2 unspecified atom stereocenters. The summed E-state index contributed by atoms with van der Waals surface area (Å²) in [6, 6.07) is 9.54. The second kappa shape index (κ2) is 8.93. The largest absolute Gasteiger partial charge is 0.389 e. The second-order valence-electron chi connectivity index (χ2n) is 5.66. The maximum Gasteiger partial charge on any atom is 0.0817 e. The number of hydrogen-bond acceptors (Lipinski definition) is 2. The van der Waals surface area contributed by atoms with Crippen LogP contribution in [0.5, 0.6) is 0 Å². The van der Waals surface area contributed by atoms with E-state index in [2.05, 4.69) is 13.5 Å². The second-order valence-corrected chi connectivity index (χ2v) is 5.66. The summed E-state index contributed by atoms with van der Waals surface area (Å²) in [5.41, 5.74) is 0.0219. The monoisotopic (exact) mass is 276 g/mol. The molecule has 1 aromatic carbocycles. The third-order valence-electron chi connectivity index (χ3n) is 3.78. The van der Waals surface area contributed by atoms with Crippen molar-refractivity contribution in [3.63, 3.8) is 0 Å². The van der Waals surface area contributed by atoms with E-state index in [0.29, 0.717) is 12.8 Å². The molecular formula is C18H28O2. The molecule has 0 aliphatic rings. The lowest BCUT2D eigenvalue weighted by atomic mass is 9.85. The summed E-state index contributed by atoms with van der Waals surface area (Å²) in [7, 11) is 0. The average Bonchev–Trinajstić information content (AvgIpc) is 2.45. The number of rotatable bonds is 10. The molecule has 2 N–H and O–H groups in total. The maximum atomic E-state index is 10.7. The molecule has 2 atom stereocenters. The van der Waals surface area contributed by atoms with Crippen LogP contribution >= 0.6 is 0 Å². The van der Waals surface area contributed by atoms with Gasteiger partial charge in [0.05, 0.1) is 11.7 Å². The van der Waals surface area contributed by atoms with Gasteiger partial charge in [-0.25, -0.2) is 0 Å². The Bertz CT molecular complexity index is 374. The number of aliphatic hydroxyl groups is 2. The van der Waals surface area contributed by atoms with E-state index in [-0.39, 0.29) is 0 Å². The molecule has 2 nitrogen and oxygen atoms in total. The topological polar surface area (TPSA) is 40.5 Å². The van der Waals surface area contributed by atoms with Crippen LogP contribution in [0.4, 0.5) is 0 Å². The Labute approximate surface area is 123 Å². The van der Waals surface area contributed by atoms with Gasteiger partial charge in [0.2, 0.25) is 0 Å². The van der Waals surface area contributed by atoms with Gasteiger partial charge in [-0.15, -0.1) is 6.58 Å². The highest BCUT2D eigenvalue weighted by molar-refractivity contribution is 5.17. The van der Waals surface area contributed by atoms with Crippen molar-refractivity contribution in [2.75, 3.05) is 0 Å². The number of benzene rings is 1. The molecule has 20 heavy (non-hydrogen) atoms. The van der Waals surface area contributed by atoms with Gasteiger partial charge in [-0.3, -0.25) is 0 Å². The van der Waals surface area contributed by atoms with Gasteiger partial charge in [-0.2, -0.15) is 0 Å². The Kier molecular flexibility index (Phi) is 7.56. The first-order chi connectivity index (χ1) is 9.61. The lowest BCUT2D eigenvalue weighted by molar-refractivity contribution is -0.0176. The Balaban J connectivity index is 2.58. The van der Waals surface area contributed by atoms with Crippen molar-refractivity contribution in [2.24, 2.45) is 0 Å². The van der Waals surface area contributed by atoms with Crippen molar-refractivity contribution in [3.05, 3.63) is 48.6 Å². The fourth-order valence-corrected chi connectivity index (χ4v) is 2.59. The first-order valence-electron chi connectivity index (χ1n) is 7.67. The van der Waals surface area contributed by atoms with Gasteiger partial charge in [-0.1, -0.05) is 69.0 Å². The summed E-state index contributed by atoms with van der Waals surface area (Å²) >= 11 is 0. The van der Waals surface area contributed by atoms with Crippen molar-refractivity contribution < 1.29 is 10.2 Å². The molecule has 0 saturated carbocycles. The minimum Gasteiger partial charge on any atom is -0.389 e. The molecule has 0 aliphatic carbocycles. The molecule has 0 aromatic heterocycles. The van der Waals surface area contributed by atoms with E-state index >= 15 is 0 Å². The fraction of sp³-hybridized carbons (Fsp3) is 0.556. The molecule has 0 fully saturated rings. The molecule has 0 heterocycles. The van der Waals surface area contributed by atoms with Crippen LogP contribution in [0.3, 0.4) is 0 Å². The fourth-order valence-electron chi connectivity index (χ4n) is 2.59. The van der Waals surface area contributed by atoms with Crippen LogP contribution in [0, 0.1) is 0 Å². The number of unbranched alkanes of at least 4 members (excludes halogenated alkanes) is 3. The highest BCUT2D eigenvalue weighted by Crippen LogP contribution is 2.31. The van der Waals surface area contributed by atoms with E-state index in [0.717, 1.165) is 24.8 Å². The molecule has 112 valence electrons. The minimum atomic E-state index is -0.843. The third kappa shape index (κ3) is 5.89. The Hall–Kier alpha value is -1.12. The predicted molar refractivity (Wildman–Crippen MR) is 84.5 cm³/mol. The molecule has 0 saturated heterocycles. The summed E-state index contributed by atoms with van der Waals surface area (Å²) < 4.78 is 0. The Morgan fingerprint density at radius 3 is 2.50 bits per heavy atom. The summed E-state index contributed by atoms with van der Waals surface area (Å²) in [5.74, 6) is 0. The standard InChI is InChI=1S/C18H28O2/c1-3-5-6-10-14-18(20,13-4-2)15-17(19)16-11-8-7-9-12-16/h4,7-9,11-12,17,19-20H,2-3,5-6,10,13-15H2,1H3. The van der Waals surface area contributed by atoms with Crippen molar-refractivity contribution in [2.45, 2.75) is 63.6 Å². The van der Waals surface area contributed by atoms with Crippen LogP contribution in [0.25, 0.3) is 0 Å². The average molecular weight is 276 g/mol. The SMILES string of the molecule is C=CCC(O)(CCCCCC)CC(O)c1ccccc1. The van der Waals surface area contributed by atoms with E-state index in [9.17, 15) is 10.2 Å². The smallest absolute Gasteiger partial charge is 0.0817 e. The number of hydrogen-bond donors (Lipinski definition) is 2. The van der Waals surface area contributed by atoms with Crippen LogP contribution in [0.1, 0.15) is 63.5 Å². The van der Waals surface area contributed by atoms with Crippen molar-refractivity contribution in [3.8, 4) is 0 Å². The van der Waals surface area contributed by atoms with Gasteiger partial charge in [0.1, 0.15) is 0 Å². The molecule has 2 heteroatoms. The first kappa shape index (κ1) is 16.9. The van der Waals surface area contributed by atoms with Gasteiger partial charge in [0.15, 0.2) is 0 Å². The van der Waals surface area contributed by atoms with E-state index in [1.807, 2.05) is 30.3 Å². The highest BCUT2D eigenvalue weighted by atomic mass is 16.3. The zero-order valence-corrected chi connectivity index (χ0v) is 12.6. The van der Waals surface area contributed by atoms with E-state index in [1.165, 1.54) is 12.8 Å². The molecular weight excluding hydrogens is 248 g/mol. The predicted octanol–water partition coefficient (Wildman–Crippen LogP) is 4.39. The molecule has 1 aromatic rings. The molecule has 0 spiro atoms. The van der Waals surface area contributed by atoms with Crippen LogP contribution in [-0.4, -0.2) is 15.8 Å². The quantitative estimate of drug-likeness (QED) is 0.491. The van der Waals surface area contributed by atoms with Crippen molar-refractivity contribution >= 4 is 0 Å². The van der Waals surface area contributed by atoms with Crippen LogP contribution in [0.2, 0.25) is 0 Å². The summed E-state index contributed by atoms with van der Waals surface area (Å²) in [5, 5.41) is 21.0. The minimum absolute atomic E-state index is 0.370. The van der Waals surface area contributed by atoms with Gasteiger partial charge >= 0.3 is 0 Å². The van der Waals surface area contributed by atoms with E-state index < -0.39 is 11.7 Å². The Morgan fingerprint density at radius 2 is 1.90 bits per heavy atom. The molecule has 0 bridgehead atoms. The highest BCUT2D eigenvalue weighted by Gasteiger charge is 2.28. The summed E-state index contributed by atoms with van der Waals surface area (Å²) in [6.45, 7) is 5.90. The zero-order valence-electron chi connectivity index (χ0n) is 12.6. The van der Waals surface area contributed by atoms with Gasteiger partial charge < -0.3 is 10.2 Å². The summed E-state index contributed by atoms with van der Waals surface area (Å²) in [4.78, 5) is 0. The van der Waals surface area contributed by atoms with Gasteiger partial charge in [0, 0.05) is 6.42 Å². The lowest BCUT2D eigenvalue weighted by Gasteiger charge is -2.29. The van der Waals surface area contributed by atoms with Gasteiger partial charge in [0.25, 0.3) is 0 Å². The molecule has 0 radical (unpaired) electrons. The number of aliphatic hydroxyl groups excluding tert-OH is 1. The normalized spacial score (nSPS) is 15.6. The molecule has 0 amide bonds. The van der Waals surface area contributed by atoms with Crippen LogP contribution in [-0.2, 0) is 0 Å². The Morgan fingerprint density at radius 1 is 1.20 bits per heavy atom. The molecule has 0 aliphatic heterocycles. The van der Waals surface area contributed by atoms with Gasteiger partial charge in [-0.05, 0) is 18.4 Å². The zero-order chi connectivity index (χ0) is 14.8. The van der Waals surface area contributed by atoms with E-state index in [4.69, 9.17) is 0 Å². The third-order valence-corrected chi connectivity index (χ3v) is 3.78. The van der Waals surface area contributed by atoms with E-state index in [1.54, 1.807) is 6.08 Å². The van der Waals surface area contributed by atoms with Crippen LogP contribution < -0.4 is 0 Å². The van der Waals surface area contributed by atoms with Crippen molar-refractivity contribution in [1.82, 2.24) is 0 Å². The lowest BCUT2D eigenvalue weighted by Crippen LogP contribution is -2.30.